The van der Waals surface area contributed by atoms with Gasteiger partial charge in [0.15, 0.2) is 11.5 Å². The molecule has 1 N–H and O–H groups in total. The number of rotatable bonds is 7. The Morgan fingerprint density at radius 1 is 1.13 bits per heavy atom. The predicted octanol–water partition coefficient (Wildman–Crippen LogP) is 3.80. The van der Waals surface area contributed by atoms with E-state index in [-0.39, 0.29) is 18.6 Å². The van der Waals surface area contributed by atoms with Crippen molar-refractivity contribution in [2.45, 2.75) is 32.2 Å². The number of hydrogen-bond acceptors (Lipinski definition) is 7. The second-order valence-corrected chi connectivity index (χ2v) is 7.77. The van der Waals surface area contributed by atoms with Gasteiger partial charge in [0, 0.05) is 18.4 Å². The molecule has 0 bridgehead atoms. The van der Waals surface area contributed by atoms with E-state index in [1.165, 1.54) is 24.4 Å². The van der Waals surface area contributed by atoms with Crippen molar-refractivity contribution in [3.63, 3.8) is 0 Å². The Morgan fingerprint density at radius 3 is 2.61 bits per heavy atom. The molecule has 0 amide bonds. The summed E-state index contributed by atoms with van der Waals surface area (Å²) in [5.41, 5.74) is 3.50. The van der Waals surface area contributed by atoms with Crippen molar-refractivity contribution in [2.75, 3.05) is 26.1 Å². The van der Waals surface area contributed by atoms with Crippen LogP contribution in [-0.4, -0.2) is 42.8 Å². The molecule has 31 heavy (non-hydrogen) atoms. The number of hydrogen-bond donors (Lipinski definition) is 1. The smallest absolute Gasteiger partial charge is 0.302 e. The normalized spacial score (nSPS) is 16.3. The van der Waals surface area contributed by atoms with Crippen molar-refractivity contribution >= 4 is 22.7 Å². The number of carbonyl (C=O) groups excluding carboxylic acids is 1. The Hall–Kier alpha value is -3.35. The quantitative estimate of drug-likeness (QED) is 0.581. The first-order chi connectivity index (χ1) is 15.1. The number of esters is 1. The van der Waals surface area contributed by atoms with Crippen LogP contribution in [0.25, 0.3) is 10.9 Å². The van der Waals surface area contributed by atoms with E-state index in [4.69, 9.17) is 14.2 Å². The van der Waals surface area contributed by atoms with Crippen molar-refractivity contribution in [1.29, 1.82) is 0 Å². The molecule has 7 heteroatoms. The largest absolute Gasteiger partial charge is 0.493 e. The molecule has 162 valence electrons. The number of aryl methyl sites for hydroxylation is 1. The maximum absolute atomic E-state index is 11.5. The van der Waals surface area contributed by atoms with Crippen LogP contribution in [0.1, 0.15) is 24.5 Å². The fourth-order valence-electron chi connectivity index (χ4n) is 4.25. The third-order valence-corrected chi connectivity index (χ3v) is 5.88. The number of aromatic nitrogens is 2. The minimum Gasteiger partial charge on any atom is -0.493 e. The fourth-order valence-corrected chi connectivity index (χ4v) is 4.25. The molecule has 4 rings (SSSR count). The van der Waals surface area contributed by atoms with Crippen LogP contribution in [-0.2, 0) is 22.4 Å². The topological polar surface area (TPSA) is 82.6 Å². The Kier molecular flexibility index (Phi) is 6.21. The van der Waals surface area contributed by atoms with Crippen LogP contribution in [0, 0.1) is 5.92 Å². The van der Waals surface area contributed by atoms with Gasteiger partial charge in [-0.05, 0) is 42.4 Å². The first-order valence-corrected chi connectivity index (χ1v) is 10.4. The van der Waals surface area contributed by atoms with Crippen LogP contribution in [0.5, 0.6) is 11.5 Å². The molecule has 1 heterocycles. The molecule has 2 aromatic carbocycles. The highest BCUT2D eigenvalue weighted by molar-refractivity contribution is 5.91. The van der Waals surface area contributed by atoms with E-state index in [1.54, 1.807) is 14.2 Å². The van der Waals surface area contributed by atoms with Gasteiger partial charge in [0.2, 0.25) is 0 Å². The molecule has 2 atom stereocenters. The molecule has 1 aliphatic carbocycles. The summed E-state index contributed by atoms with van der Waals surface area (Å²) in [5, 5.41) is 4.37. The molecule has 1 aliphatic rings. The van der Waals surface area contributed by atoms with Crippen LogP contribution in [0.15, 0.2) is 42.7 Å². The molecular formula is C24H27N3O4. The van der Waals surface area contributed by atoms with Gasteiger partial charge in [0.25, 0.3) is 0 Å². The van der Waals surface area contributed by atoms with Gasteiger partial charge < -0.3 is 19.5 Å². The SMILES string of the molecule is COc1cc2ncnc(NC(COC(C)=O)C3CCc4ccccc4C3)c2cc1OC. The van der Waals surface area contributed by atoms with E-state index in [2.05, 4.69) is 39.6 Å². The van der Waals surface area contributed by atoms with Crippen molar-refractivity contribution in [3.05, 3.63) is 53.9 Å². The van der Waals surface area contributed by atoms with Crippen LogP contribution in [0.2, 0.25) is 0 Å². The third kappa shape index (κ3) is 4.55. The van der Waals surface area contributed by atoms with E-state index >= 15 is 0 Å². The number of methoxy groups -OCH3 is 2. The lowest BCUT2D eigenvalue weighted by Crippen LogP contribution is -2.38. The first-order valence-electron chi connectivity index (χ1n) is 10.4. The number of benzene rings is 2. The summed E-state index contributed by atoms with van der Waals surface area (Å²) in [5.74, 6) is 1.92. The minimum atomic E-state index is -0.290. The molecule has 0 radical (unpaired) electrons. The molecule has 0 saturated carbocycles. The van der Waals surface area contributed by atoms with Gasteiger partial charge in [0.1, 0.15) is 18.8 Å². The highest BCUT2D eigenvalue weighted by Gasteiger charge is 2.28. The van der Waals surface area contributed by atoms with Gasteiger partial charge in [-0.2, -0.15) is 0 Å². The number of nitrogens with zero attached hydrogens (tertiary/aromatic N) is 2. The maximum atomic E-state index is 11.5. The van der Waals surface area contributed by atoms with Gasteiger partial charge >= 0.3 is 5.97 Å². The Balaban J connectivity index is 1.65. The van der Waals surface area contributed by atoms with Gasteiger partial charge in [-0.25, -0.2) is 9.97 Å². The molecule has 0 spiro atoms. The average molecular weight is 421 g/mol. The second kappa shape index (κ2) is 9.20. The molecular weight excluding hydrogens is 394 g/mol. The van der Waals surface area contributed by atoms with E-state index in [0.29, 0.717) is 23.2 Å². The van der Waals surface area contributed by atoms with Crippen LogP contribution < -0.4 is 14.8 Å². The lowest BCUT2D eigenvalue weighted by Gasteiger charge is -2.32. The molecule has 7 nitrogen and oxygen atoms in total. The highest BCUT2D eigenvalue weighted by atomic mass is 16.5. The Labute approximate surface area is 181 Å². The van der Waals surface area contributed by atoms with Gasteiger partial charge in [0.05, 0.1) is 25.8 Å². The monoisotopic (exact) mass is 421 g/mol. The molecule has 2 unspecified atom stereocenters. The van der Waals surface area contributed by atoms with Gasteiger partial charge in [-0.3, -0.25) is 4.79 Å². The third-order valence-electron chi connectivity index (χ3n) is 5.88. The van der Waals surface area contributed by atoms with Crippen molar-refractivity contribution in [1.82, 2.24) is 9.97 Å². The van der Waals surface area contributed by atoms with E-state index in [0.717, 1.165) is 30.2 Å². The molecule has 0 saturated heterocycles. The zero-order valence-electron chi connectivity index (χ0n) is 18.1. The van der Waals surface area contributed by atoms with Crippen LogP contribution >= 0.6 is 0 Å². The number of carbonyl (C=O) groups is 1. The van der Waals surface area contributed by atoms with Crippen LogP contribution in [0.4, 0.5) is 5.82 Å². The van der Waals surface area contributed by atoms with E-state index in [1.807, 2.05) is 12.1 Å². The average Bonchev–Trinajstić information content (AvgIpc) is 2.80. The molecule has 0 aliphatic heterocycles. The van der Waals surface area contributed by atoms with Crippen molar-refractivity contribution in [3.8, 4) is 11.5 Å². The van der Waals surface area contributed by atoms with Crippen LogP contribution in [0.3, 0.4) is 0 Å². The number of anilines is 1. The maximum Gasteiger partial charge on any atom is 0.302 e. The summed E-state index contributed by atoms with van der Waals surface area (Å²) in [6.07, 6.45) is 4.47. The number of nitrogens with one attached hydrogen (secondary N) is 1. The lowest BCUT2D eigenvalue weighted by molar-refractivity contribution is -0.141. The zero-order chi connectivity index (χ0) is 21.8. The fraction of sp³-hybridized carbons (Fsp3) is 0.375. The molecule has 1 aromatic heterocycles. The number of fused-ring (bicyclic) bond motifs is 2. The Morgan fingerprint density at radius 2 is 1.87 bits per heavy atom. The van der Waals surface area contributed by atoms with Crippen molar-refractivity contribution in [2.24, 2.45) is 5.92 Å². The summed E-state index contributed by atoms with van der Waals surface area (Å²) < 4.78 is 16.3. The van der Waals surface area contributed by atoms with Crippen molar-refractivity contribution < 1.29 is 19.0 Å². The summed E-state index contributed by atoms with van der Waals surface area (Å²) in [6.45, 7) is 1.71. The minimum absolute atomic E-state index is 0.0801. The summed E-state index contributed by atoms with van der Waals surface area (Å²) in [4.78, 5) is 20.4. The lowest BCUT2D eigenvalue weighted by atomic mass is 9.80. The second-order valence-electron chi connectivity index (χ2n) is 7.77. The predicted molar refractivity (Wildman–Crippen MR) is 119 cm³/mol. The molecule has 3 aromatic rings. The zero-order valence-corrected chi connectivity index (χ0v) is 18.1. The highest BCUT2D eigenvalue weighted by Crippen LogP contribution is 2.35. The van der Waals surface area contributed by atoms with E-state index in [9.17, 15) is 4.79 Å². The Bertz CT molecular complexity index is 1090. The summed E-state index contributed by atoms with van der Waals surface area (Å²) in [6, 6.07) is 12.2. The summed E-state index contributed by atoms with van der Waals surface area (Å²) >= 11 is 0. The van der Waals surface area contributed by atoms with Gasteiger partial charge in [-0.15, -0.1) is 0 Å². The first kappa shape index (κ1) is 20.9. The van der Waals surface area contributed by atoms with Gasteiger partial charge in [-0.1, -0.05) is 24.3 Å². The molecule has 0 fully saturated rings. The summed E-state index contributed by atoms with van der Waals surface area (Å²) in [7, 11) is 3.20. The van der Waals surface area contributed by atoms with E-state index < -0.39 is 0 Å². The number of ether oxygens (including phenoxy) is 3. The standard InChI is InChI=1S/C24H27N3O4/c1-15(28)31-13-21(18-9-8-16-6-4-5-7-17(16)10-18)27-24-19-11-22(29-2)23(30-3)12-20(19)25-14-26-24/h4-7,11-12,14,18,21H,8-10,13H2,1-3H3,(H,25,26,27).